The molecule has 0 bridgehead atoms. The van der Waals surface area contributed by atoms with Crippen molar-refractivity contribution in [3.8, 4) is 0 Å². The van der Waals surface area contributed by atoms with Crippen molar-refractivity contribution in [2.75, 3.05) is 6.54 Å². The normalized spacial score (nSPS) is 24.6. The topological polar surface area (TPSA) is 51.0 Å². The monoisotopic (exact) mass is 265 g/mol. The minimum atomic E-state index is 0.141. The van der Waals surface area contributed by atoms with Gasteiger partial charge in [-0.2, -0.15) is 0 Å². The van der Waals surface area contributed by atoms with Crippen molar-refractivity contribution < 1.29 is 4.42 Å². The van der Waals surface area contributed by atoms with Crippen LogP contribution >= 0.6 is 0 Å². The summed E-state index contributed by atoms with van der Waals surface area (Å²) in [6.45, 7) is 9.70. The molecule has 1 saturated carbocycles. The van der Waals surface area contributed by atoms with Crippen LogP contribution in [0.3, 0.4) is 0 Å². The van der Waals surface area contributed by atoms with Crippen LogP contribution in [0.15, 0.2) is 4.42 Å². The number of nitrogens with one attached hydrogen (secondary N) is 1. The molecule has 19 heavy (non-hydrogen) atoms. The molecule has 1 fully saturated rings. The van der Waals surface area contributed by atoms with Gasteiger partial charge in [-0.25, -0.2) is 0 Å². The van der Waals surface area contributed by atoms with Crippen molar-refractivity contribution in [3.63, 3.8) is 0 Å². The van der Waals surface area contributed by atoms with Crippen LogP contribution in [-0.4, -0.2) is 22.3 Å². The summed E-state index contributed by atoms with van der Waals surface area (Å²) in [5.74, 6) is 2.98. The minimum absolute atomic E-state index is 0.141. The quantitative estimate of drug-likeness (QED) is 0.907. The van der Waals surface area contributed by atoms with E-state index in [9.17, 15) is 0 Å². The van der Waals surface area contributed by atoms with Crippen molar-refractivity contribution in [1.82, 2.24) is 15.5 Å². The lowest BCUT2D eigenvalue weighted by Crippen LogP contribution is -2.37. The second-order valence-electron chi connectivity index (χ2n) is 6.92. The predicted molar refractivity (Wildman–Crippen MR) is 76.1 cm³/mol. The van der Waals surface area contributed by atoms with Gasteiger partial charge in [-0.15, -0.1) is 10.2 Å². The lowest BCUT2D eigenvalue weighted by Gasteiger charge is -2.23. The minimum Gasteiger partial charge on any atom is -0.425 e. The summed E-state index contributed by atoms with van der Waals surface area (Å²) < 4.78 is 5.81. The summed E-state index contributed by atoms with van der Waals surface area (Å²) in [6.07, 6.45) is 5.78. The molecule has 1 aliphatic carbocycles. The Morgan fingerprint density at radius 3 is 2.47 bits per heavy atom. The second kappa shape index (κ2) is 6.04. The van der Waals surface area contributed by atoms with E-state index in [0.29, 0.717) is 5.92 Å². The van der Waals surface area contributed by atoms with Crippen LogP contribution in [0.1, 0.15) is 71.1 Å². The van der Waals surface area contributed by atoms with Crippen molar-refractivity contribution in [2.45, 2.75) is 71.3 Å². The molecule has 0 amide bonds. The summed E-state index contributed by atoms with van der Waals surface area (Å²) in [7, 11) is 0. The maximum absolute atomic E-state index is 5.81. The molecule has 1 aliphatic rings. The molecule has 1 aromatic heterocycles. The molecule has 0 aliphatic heterocycles. The van der Waals surface area contributed by atoms with Crippen LogP contribution in [-0.2, 0) is 6.42 Å². The standard InChI is InChI=1S/C15H27N3O/c1-11-5-7-12(8-6-11)14-18-17-13(19-14)9-10-16-15(2,3)4/h11-12,16H,5-10H2,1-4H3. The second-order valence-corrected chi connectivity index (χ2v) is 6.92. The molecule has 0 radical (unpaired) electrons. The number of hydrogen-bond acceptors (Lipinski definition) is 4. The summed E-state index contributed by atoms with van der Waals surface area (Å²) in [5, 5.41) is 11.8. The van der Waals surface area contributed by atoms with E-state index >= 15 is 0 Å². The van der Waals surface area contributed by atoms with Crippen molar-refractivity contribution in [1.29, 1.82) is 0 Å². The van der Waals surface area contributed by atoms with Gasteiger partial charge >= 0.3 is 0 Å². The van der Waals surface area contributed by atoms with Crippen LogP contribution in [0.2, 0.25) is 0 Å². The highest BCUT2D eigenvalue weighted by Gasteiger charge is 2.24. The zero-order chi connectivity index (χ0) is 13.9. The van der Waals surface area contributed by atoms with Gasteiger partial charge in [-0.3, -0.25) is 0 Å². The molecule has 2 rings (SSSR count). The van der Waals surface area contributed by atoms with Gasteiger partial charge < -0.3 is 9.73 Å². The smallest absolute Gasteiger partial charge is 0.219 e. The van der Waals surface area contributed by atoms with Gasteiger partial charge in [0.1, 0.15) is 0 Å². The molecule has 1 aromatic rings. The molecule has 0 unspecified atom stereocenters. The first-order chi connectivity index (χ1) is 8.94. The van der Waals surface area contributed by atoms with E-state index in [-0.39, 0.29) is 5.54 Å². The van der Waals surface area contributed by atoms with E-state index < -0.39 is 0 Å². The summed E-state index contributed by atoms with van der Waals surface area (Å²) in [4.78, 5) is 0. The SMILES string of the molecule is CC1CCC(c2nnc(CCNC(C)(C)C)o2)CC1. The molecule has 1 N–H and O–H groups in total. The third kappa shape index (κ3) is 4.60. The fourth-order valence-electron chi connectivity index (χ4n) is 2.58. The fourth-order valence-corrected chi connectivity index (χ4v) is 2.58. The molecule has 108 valence electrons. The molecule has 1 heterocycles. The van der Waals surface area contributed by atoms with Gasteiger partial charge in [0.2, 0.25) is 11.8 Å². The molecular weight excluding hydrogens is 238 g/mol. The lowest BCUT2D eigenvalue weighted by atomic mass is 9.83. The van der Waals surface area contributed by atoms with Crippen LogP contribution in [0.5, 0.6) is 0 Å². The highest BCUT2D eigenvalue weighted by molar-refractivity contribution is 4.94. The predicted octanol–water partition coefficient (Wildman–Crippen LogP) is 3.29. The first-order valence-electron chi connectivity index (χ1n) is 7.51. The molecule has 0 aromatic carbocycles. The van der Waals surface area contributed by atoms with Gasteiger partial charge in [-0.05, 0) is 52.4 Å². The molecule has 0 saturated heterocycles. The number of hydrogen-bond donors (Lipinski definition) is 1. The zero-order valence-electron chi connectivity index (χ0n) is 12.7. The van der Waals surface area contributed by atoms with Crippen LogP contribution in [0.25, 0.3) is 0 Å². The molecule has 0 spiro atoms. The van der Waals surface area contributed by atoms with E-state index in [1.807, 2.05) is 0 Å². The Balaban J connectivity index is 1.82. The van der Waals surface area contributed by atoms with Crippen molar-refractivity contribution >= 4 is 0 Å². The van der Waals surface area contributed by atoms with Crippen LogP contribution in [0, 0.1) is 5.92 Å². The number of nitrogens with zero attached hydrogens (tertiary/aromatic N) is 2. The Morgan fingerprint density at radius 1 is 1.16 bits per heavy atom. The molecule has 4 nitrogen and oxygen atoms in total. The lowest BCUT2D eigenvalue weighted by molar-refractivity contribution is 0.301. The molecular formula is C15H27N3O. The first-order valence-corrected chi connectivity index (χ1v) is 7.51. The highest BCUT2D eigenvalue weighted by atomic mass is 16.4. The molecule has 4 heteroatoms. The average Bonchev–Trinajstić information content (AvgIpc) is 2.77. The van der Waals surface area contributed by atoms with Gasteiger partial charge in [-0.1, -0.05) is 6.92 Å². The maximum Gasteiger partial charge on any atom is 0.219 e. The fraction of sp³-hybridized carbons (Fsp3) is 0.867. The van der Waals surface area contributed by atoms with E-state index in [1.54, 1.807) is 0 Å². The van der Waals surface area contributed by atoms with E-state index in [0.717, 1.165) is 30.7 Å². The summed E-state index contributed by atoms with van der Waals surface area (Å²) >= 11 is 0. The Hall–Kier alpha value is -0.900. The van der Waals surface area contributed by atoms with E-state index in [2.05, 4.69) is 43.2 Å². The Bertz CT molecular complexity index is 386. The zero-order valence-corrected chi connectivity index (χ0v) is 12.7. The highest BCUT2D eigenvalue weighted by Crippen LogP contribution is 2.34. The number of aromatic nitrogens is 2. The summed E-state index contributed by atoms with van der Waals surface area (Å²) in [5.41, 5.74) is 0.141. The molecule has 0 atom stereocenters. The van der Waals surface area contributed by atoms with Gasteiger partial charge in [0.25, 0.3) is 0 Å². The largest absolute Gasteiger partial charge is 0.425 e. The summed E-state index contributed by atoms with van der Waals surface area (Å²) in [6, 6.07) is 0. The van der Waals surface area contributed by atoms with Gasteiger partial charge in [0, 0.05) is 24.4 Å². The maximum atomic E-state index is 5.81. The van der Waals surface area contributed by atoms with Gasteiger partial charge in [0.05, 0.1) is 0 Å². The first kappa shape index (κ1) is 14.5. The Morgan fingerprint density at radius 2 is 1.84 bits per heavy atom. The Kier molecular flexibility index (Phi) is 4.61. The van der Waals surface area contributed by atoms with Gasteiger partial charge in [0.15, 0.2) is 0 Å². The van der Waals surface area contributed by atoms with Crippen LogP contribution < -0.4 is 5.32 Å². The van der Waals surface area contributed by atoms with Crippen LogP contribution in [0.4, 0.5) is 0 Å². The van der Waals surface area contributed by atoms with E-state index in [4.69, 9.17) is 4.42 Å². The Labute approximate surface area is 116 Å². The van der Waals surface area contributed by atoms with Crippen molar-refractivity contribution in [3.05, 3.63) is 11.8 Å². The number of rotatable bonds is 4. The van der Waals surface area contributed by atoms with Crippen molar-refractivity contribution in [2.24, 2.45) is 5.92 Å². The average molecular weight is 265 g/mol. The van der Waals surface area contributed by atoms with E-state index in [1.165, 1.54) is 25.7 Å². The third-order valence-electron chi connectivity index (χ3n) is 3.84. The third-order valence-corrected chi connectivity index (χ3v) is 3.84.